The van der Waals surface area contributed by atoms with E-state index in [1.54, 1.807) is 11.8 Å². The van der Waals surface area contributed by atoms with Crippen LogP contribution in [0.15, 0.2) is 17.4 Å². The summed E-state index contributed by atoms with van der Waals surface area (Å²) in [5.41, 5.74) is 1.03. The Labute approximate surface area is 107 Å². The van der Waals surface area contributed by atoms with E-state index in [0.717, 1.165) is 23.2 Å². The summed E-state index contributed by atoms with van der Waals surface area (Å²) in [6.07, 6.45) is 5.04. The molecule has 0 fully saturated rings. The topological polar surface area (TPSA) is 42.2 Å². The number of nitrogens with one attached hydrogen (secondary N) is 1. The lowest BCUT2D eigenvalue weighted by Crippen LogP contribution is -2.08. The zero-order valence-electron chi connectivity index (χ0n) is 10.7. The molecule has 0 bridgehead atoms. The van der Waals surface area contributed by atoms with Gasteiger partial charge in [0, 0.05) is 18.5 Å². The standard InChI is InChI=1S/C12H20N4S/c1-4-16-7-11(6-13-16)15-12-14-10(8-17-12)5-9(2)3/h6-7,9-10H,4-5,8H2,1-3H3,(H,14,15). The molecule has 94 valence electrons. The van der Waals surface area contributed by atoms with E-state index < -0.39 is 0 Å². The first kappa shape index (κ1) is 12.5. The van der Waals surface area contributed by atoms with Gasteiger partial charge in [0.05, 0.1) is 17.9 Å². The molecule has 5 heteroatoms. The smallest absolute Gasteiger partial charge is 0.161 e. The van der Waals surface area contributed by atoms with Crippen molar-refractivity contribution in [1.82, 2.24) is 9.78 Å². The van der Waals surface area contributed by atoms with Crippen LogP contribution in [0.3, 0.4) is 0 Å². The molecule has 4 nitrogen and oxygen atoms in total. The second-order valence-corrected chi connectivity index (χ2v) is 5.75. The van der Waals surface area contributed by atoms with Gasteiger partial charge >= 0.3 is 0 Å². The van der Waals surface area contributed by atoms with Gasteiger partial charge in [-0.2, -0.15) is 5.10 Å². The summed E-state index contributed by atoms with van der Waals surface area (Å²) >= 11 is 1.81. The van der Waals surface area contributed by atoms with Gasteiger partial charge in [-0.3, -0.25) is 9.67 Å². The van der Waals surface area contributed by atoms with Crippen LogP contribution < -0.4 is 5.32 Å². The molecule has 2 heterocycles. The Hall–Kier alpha value is -0.970. The molecular formula is C12H20N4S. The molecule has 0 saturated carbocycles. The first-order valence-corrected chi connectivity index (χ1v) is 7.16. The molecule has 0 aliphatic carbocycles. The molecule has 0 aromatic carbocycles. The van der Waals surface area contributed by atoms with Crippen molar-refractivity contribution in [2.45, 2.75) is 39.8 Å². The van der Waals surface area contributed by atoms with E-state index in [1.807, 2.05) is 17.1 Å². The lowest BCUT2D eigenvalue weighted by atomic mass is 10.1. The van der Waals surface area contributed by atoms with Crippen LogP contribution in [-0.4, -0.2) is 26.7 Å². The van der Waals surface area contributed by atoms with E-state index in [4.69, 9.17) is 4.99 Å². The highest BCUT2D eigenvalue weighted by Gasteiger charge is 2.19. The predicted octanol–water partition coefficient (Wildman–Crippen LogP) is 2.83. The fraction of sp³-hybridized carbons (Fsp3) is 0.667. The molecule has 1 aliphatic rings. The molecule has 1 unspecified atom stereocenters. The van der Waals surface area contributed by atoms with Gasteiger partial charge in [-0.25, -0.2) is 0 Å². The summed E-state index contributed by atoms with van der Waals surface area (Å²) in [5, 5.41) is 8.60. The van der Waals surface area contributed by atoms with Crippen LogP contribution in [0.25, 0.3) is 0 Å². The summed E-state index contributed by atoms with van der Waals surface area (Å²) in [4.78, 5) is 4.69. The van der Waals surface area contributed by atoms with Crippen molar-refractivity contribution < 1.29 is 0 Å². The largest absolute Gasteiger partial charge is 0.332 e. The second-order valence-electron chi connectivity index (χ2n) is 4.74. The zero-order chi connectivity index (χ0) is 12.3. The maximum atomic E-state index is 4.69. The van der Waals surface area contributed by atoms with Crippen molar-refractivity contribution in [2.75, 3.05) is 11.1 Å². The van der Waals surface area contributed by atoms with Crippen molar-refractivity contribution in [1.29, 1.82) is 0 Å². The number of aromatic nitrogens is 2. The highest BCUT2D eigenvalue weighted by Crippen LogP contribution is 2.23. The van der Waals surface area contributed by atoms with Crippen LogP contribution in [0, 0.1) is 5.92 Å². The number of thioether (sulfide) groups is 1. The number of nitrogens with zero attached hydrogens (tertiary/aromatic N) is 3. The van der Waals surface area contributed by atoms with Crippen molar-refractivity contribution >= 4 is 22.6 Å². The molecule has 1 aromatic heterocycles. The maximum Gasteiger partial charge on any atom is 0.161 e. The molecule has 0 radical (unpaired) electrons. The van der Waals surface area contributed by atoms with Crippen LogP contribution in [0.4, 0.5) is 5.69 Å². The third-order valence-electron chi connectivity index (χ3n) is 2.66. The van der Waals surface area contributed by atoms with E-state index in [2.05, 4.69) is 31.2 Å². The van der Waals surface area contributed by atoms with Crippen LogP contribution in [-0.2, 0) is 6.54 Å². The normalized spacial score (nSPS) is 19.8. The van der Waals surface area contributed by atoms with Crippen LogP contribution in [0.5, 0.6) is 0 Å². The average molecular weight is 252 g/mol. The van der Waals surface area contributed by atoms with E-state index in [-0.39, 0.29) is 0 Å². The molecule has 1 atom stereocenters. The highest BCUT2D eigenvalue weighted by molar-refractivity contribution is 8.14. The number of aryl methyl sites for hydroxylation is 1. The van der Waals surface area contributed by atoms with E-state index >= 15 is 0 Å². The number of hydrogen-bond donors (Lipinski definition) is 1. The van der Waals surface area contributed by atoms with Crippen molar-refractivity contribution in [3.63, 3.8) is 0 Å². The molecule has 1 aromatic rings. The summed E-state index contributed by atoms with van der Waals surface area (Å²) < 4.78 is 1.91. The molecular weight excluding hydrogens is 232 g/mol. The Morgan fingerprint density at radius 1 is 1.59 bits per heavy atom. The number of anilines is 1. The third kappa shape index (κ3) is 3.49. The Balaban J connectivity index is 1.91. The first-order chi connectivity index (χ1) is 8.17. The summed E-state index contributed by atoms with van der Waals surface area (Å²) in [6.45, 7) is 7.47. The molecule has 2 rings (SSSR count). The Bertz CT molecular complexity index is 397. The van der Waals surface area contributed by atoms with Crippen molar-refractivity contribution in [3.05, 3.63) is 12.4 Å². The lowest BCUT2D eigenvalue weighted by Gasteiger charge is -2.07. The summed E-state index contributed by atoms with van der Waals surface area (Å²) in [6, 6.07) is 0.476. The first-order valence-electron chi connectivity index (χ1n) is 6.17. The van der Waals surface area contributed by atoms with Crippen molar-refractivity contribution in [2.24, 2.45) is 10.9 Å². The lowest BCUT2D eigenvalue weighted by molar-refractivity contribution is 0.529. The predicted molar refractivity (Wildman–Crippen MR) is 74.7 cm³/mol. The minimum absolute atomic E-state index is 0.476. The van der Waals surface area contributed by atoms with Crippen LogP contribution in [0.1, 0.15) is 27.2 Å². The SMILES string of the molecule is CCn1cc(NC2=NC(CC(C)C)CS2)cn1. The number of rotatable bonds is 4. The van der Waals surface area contributed by atoms with Gasteiger partial charge in [0.15, 0.2) is 5.17 Å². The fourth-order valence-electron chi connectivity index (χ4n) is 1.87. The quantitative estimate of drug-likeness (QED) is 0.896. The molecule has 0 spiro atoms. The molecule has 1 aliphatic heterocycles. The van der Waals surface area contributed by atoms with Gasteiger partial charge in [0.1, 0.15) is 0 Å². The monoisotopic (exact) mass is 252 g/mol. The number of amidine groups is 1. The van der Waals surface area contributed by atoms with E-state index in [0.29, 0.717) is 12.0 Å². The van der Waals surface area contributed by atoms with Gasteiger partial charge in [0.2, 0.25) is 0 Å². The number of aliphatic imine (C=N–C) groups is 1. The Morgan fingerprint density at radius 2 is 2.41 bits per heavy atom. The zero-order valence-corrected chi connectivity index (χ0v) is 11.5. The van der Waals surface area contributed by atoms with Crippen LogP contribution in [0.2, 0.25) is 0 Å². The Kier molecular flexibility index (Phi) is 4.10. The van der Waals surface area contributed by atoms with Gasteiger partial charge in [-0.1, -0.05) is 25.6 Å². The fourth-order valence-corrected chi connectivity index (χ4v) is 2.85. The summed E-state index contributed by atoms with van der Waals surface area (Å²) in [5.74, 6) is 1.81. The molecule has 1 N–H and O–H groups in total. The van der Waals surface area contributed by atoms with E-state index in [1.165, 1.54) is 6.42 Å². The average Bonchev–Trinajstić information content (AvgIpc) is 2.88. The number of hydrogen-bond acceptors (Lipinski definition) is 4. The second kappa shape index (κ2) is 5.58. The van der Waals surface area contributed by atoms with Gasteiger partial charge in [-0.05, 0) is 19.3 Å². The van der Waals surface area contributed by atoms with Gasteiger partial charge in [0.25, 0.3) is 0 Å². The van der Waals surface area contributed by atoms with Crippen LogP contribution >= 0.6 is 11.8 Å². The van der Waals surface area contributed by atoms with Crippen molar-refractivity contribution in [3.8, 4) is 0 Å². The Morgan fingerprint density at radius 3 is 3.06 bits per heavy atom. The maximum absolute atomic E-state index is 4.69. The molecule has 17 heavy (non-hydrogen) atoms. The third-order valence-corrected chi connectivity index (χ3v) is 3.70. The minimum atomic E-state index is 0.476. The van der Waals surface area contributed by atoms with E-state index in [9.17, 15) is 0 Å². The van der Waals surface area contributed by atoms with Gasteiger partial charge in [-0.15, -0.1) is 0 Å². The molecule has 0 saturated heterocycles. The summed E-state index contributed by atoms with van der Waals surface area (Å²) in [7, 11) is 0. The molecule has 0 amide bonds. The minimum Gasteiger partial charge on any atom is -0.332 e. The van der Waals surface area contributed by atoms with Gasteiger partial charge < -0.3 is 5.32 Å². The highest BCUT2D eigenvalue weighted by atomic mass is 32.2.